The highest BCUT2D eigenvalue weighted by molar-refractivity contribution is 5.60. The van der Waals surface area contributed by atoms with E-state index in [1.807, 2.05) is 6.07 Å². The van der Waals surface area contributed by atoms with E-state index in [1.165, 1.54) is 13.2 Å². The number of nitrogens with zero attached hydrogens (tertiary/aromatic N) is 4. The summed E-state index contributed by atoms with van der Waals surface area (Å²) in [5.74, 6) is 0.533. The minimum atomic E-state index is -2.96. The predicted octanol–water partition coefficient (Wildman–Crippen LogP) is 3.13. The maximum Gasteiger partial charge on any atom is 0.387 e. The van der Waals surface area contributed by atoms with E-state index in [2.05, 4.69) is 15.3 Å². The summed E-state index contributed by atoms with van der Waals surface area (Å²) >= 11 is 0. The molecule has 0 aliphatic carbocycles. The number of rotatable bonds is 5. The van der Waals surface area contributed by atoms with Crippen LogP contribution in [0.25, 0.3) is 16.9 Å². The number of halogens is 2. The van der Waals surface area contributed by atoms with Crippen molar-refractivity contribution in [2.24, 2.45) is 0 Å². The monoisotopic (exact) mass is 439 g/mol. The van der Waals surface area contributed by atoms with Gasteiger partial charge in [0, 0.05) is 29.9 Å². The fourth-order valence-corrected chi connectivity index (χ4v) is 3.89. The molecule has 4 aromatic rings. The SMILES string of the molecule is COc1ccc(-c2ccc3nc4c(n3n2)[C@H](c2ccccc2OC(F)F)NC[C@H]4O)cn1. The molecule has 32 heavy (non-hydrogen) atoms. The molecule has 0 spiro atoms. The molecule has 5 rings (SSSR count). The summed E-state index contributed by atoms with van der Waals surface area (Å²) in [4.78, 5) is 8.76. The van der Waals surface area contributed by atoms with Gasteiger partial charge in [-0.3, -0.25) is 0 Å². The third kappa shape index (κ3) is 3.53. The summed E-state index contributed by atoms with van der Waals surface area (Å²) in [6, 6.07) is 13.2. The number of aliphatic hydroxyl groups excluding tert-OH is 1. The highest BCUT2D eigenvalue weighted by Crippen LogP contribution is 2.37. The first-order valence-electron chi connectivity index (χ1n) is 9.90. The minimum absolute atomic E-state index is 0.0489. The maximum absolute atomic E-state index is 13.0. The van der Waals surface area contributed by atoms with Crippen LogP contribution in [0, 0.1) is 0 Å². The number of β-amino-alcohol motifs (C(OH)–C–C–N with tert-alkyl or cyclic N) is 1. The largest absolute Gasteiger partial charge is 0.481 e. The molecule has 0 saturated carbocycles. The molecule has 8 nitrogen and oxygen atoms in total. The first-order valence-corrected chi connectivity index (χ1v) is 9.90. The quantitative estimate of drug-likeness (QED) is 0.494. The van der Waals surface area contributed by atoms with Gasteiger partial charge in [0.1, 0.15) is 11.9 Å². The standard InChI is InChI=1S/C22H19F2N5O3/c1-31-18-9-6-12(10-25-18)14-7-8-17-27-20-15(30)11-26-19(21(20)29(17)28-14)13-4-2-3-5-16(13)32-22(23)24/h2-10,15,19,22,26,30H,11H2,1H3/t15-,19+/m1/s1. The molecule has 1 aromatic carbocycles. The van der Waals surface area contributed by atoms with E-state index in [4.69, 9.17) is 14.6 Å². The summed E-state index contributed by atoms with van der Waals surface area (Å²) < 4.78 is 37.4. The summed E-state index contributed by atoms with van der Waals surface area (Å²) in [5.41, 5.74) is 3.42. The summed E-state index contributed by atoms with van der Waals surface area (Å²) in [7, 11) is 1.54. The van der Waals surface area contributed by atoms with Crippen molar-refractivity contribution >= 4 is 5.65 Å². The molecule has 0 saturated heterocycles. The van der Waals surface area contributed by atoms with Gasteiger partial charge in [-0.2, -0.15) is 13.9 Å². The summed E-state index contributed by atoms with van der Waals surface area (Å²) in [5, 5.41) is 18.5. The topological polar surface area (TPSA) is 93.8 Å². The van der Waals surface area contributed by atoms with Crippen molar-refractivity contribution in [3.63, 3.8) is 0 Å². The zero-order valence-electron chi connectivity index (χ0n) is 16.9. The average molecular weight is 439 g/mol. The number of pyridine rings is 1. The average Bonchev–Trinajstić information content (AvgIpc) is 3.19. The maximum atomic E-state index is 13.0. The molecule has 10 heteroatoms. The van der Waals surface area contributed by atoms with Gasteiger partial charge in [-0.05, 0) is 24.3 Å². The predicted molar refractivity (Wildman–Crippen MR) is 111 cm³/mol. The van der Waals surface area contributed by atoms with Crippen molar-refractivity contribution in [1.82, 2.24) is 24.9 Å². The molecule has 2 N–H and O–H groups in total. The Labute approximate surface area is 181 Å². The smallest absolute Gasteiger partial charge is 0.387 e. The van der Waals surface area contributed by atoms with Crippen molar-refractivity contribution in [2.75, 3.05) is 13.7 Å². The van der Waals surface area contributed by atoms with E-state index in [1.54, 1.807) is 47.1 Å². The van der Waals surface area contributed by atoms with E-state index in [0.29, 0.717) is 34.2 Å². The Kier molecular flexibility index (Phi) is 5.16. The molecule has 164 valence electrons. The van der Waals surface area contributed by atoms with Crippen LogP contribution >= 0.6 is 0 Å². The van der Waals surface area contributed by atoms with Crippen molar-refractivity contribution in [2.45, 2.75) is 18.8 Å². The number of fused-ring (bicyclic) bond motifs is 3. The Balaban J connectivity index is 1.65. The number of methoxy groups -OCH3 is 1. The van der Waals surface area contributed by atoms with Gasteiger partial charge >= 0.3 is 6.61 Å². The van der Waals surface area contributed by atoms with Crippen LogP contribution in [0.3, 0.4) is 0 Å². The Morgan fingerprint density at radius 1 is 1.16 bits per heavy atom. The number of nitrogens with one attached hydrogen (secondary N) is 1. The number of aromatic nitrogens is 4. The Morgan fingerprint density at radius 3 is 2.75 bits per heavy atom. The molecule has 4 heterocycles. The number of hydrogen-bond acceptors (Lipinski definition) is 7. The lowest BCUT2D eigenvalue weighted by atomic mass is 9.96. The number of hydrogen-bond donors (Lipinski definition) is 2. The van der Waals surface area contributed by atoms with Crippen molar-refractivity contribution < 1.29 is 23.4 Å². The van der Waals surface area contributed by atoms with Crippen LogP contribution in [0.15, 0.2) is 54.7 Å². The normalized spacial score (nSPS) is 18.0. The number of para-hydroxylation sites is 1. The molecular weight excluding hydrogens is 420 g/mol. The number of alkyl halides is 2. The van der Waals surface area contributed by atoms with E-state index in [0.717, 1.165) is 5.56 Å². The number of benzene rings is 1. The molecule has 2 atom stereocenters. The van der Waals surface area contributed by atoms with Crippen LogP contribution in [0.1, 0.15) is 29.1 Å². The fraction of sp³-hybridized carbons (Fsp3) is 0.227. The van der Waals surface area contributed by atoms with E-state index >= 15 is 0 Å². The molecular formula is C22H19F2N5O3. The molecule has 0 amide bonds. The van der Waals surface area contributed by atoms with Gasteiger partial charge in [-0.15, -0.1) is 0 Å². The van der Waals surface area contributed by atoms with Crippen LogP contribution in [0.4, 0.5) is 8.78 Å². The Morgan fingerprint density at radius 2 is 2.00 bits per heavy atom. The highest BCUT2D eigenvalue weighted by atomic mass is 19.3. The van der Waals surface area contributed by atoms with Crippen molar-refractivity contribution in [3.05, 3.63) is 71.7 Å². The molecule has 1 aliphatic heterocycles. The van der Waals surface area contributed by atoms with Gasteiger partial charge in [0.05, 0.1) is 30.2 Å². The highest BCUT2D eigenvalue weighted by Gasteiger charge is 2.34. The van der Waals surface area contributed by atoms with Crippen LogP contribution in [-0.2, 0) is 0 Å². The van der Waals surface area contributed by atoms with Gasteiger partial charge < -0.3 is 19.9 Å². The van der Waals surface area contributed by atoms with Gasteiger partial charge in [0.2, 0.25) is 5.88 Å². The van der Waals surface area contributed by atoms with Gasteiger partial charge in [0.25, 0.3) is 0 Å². The molecule has 1 aliphatic rings. The lowest BCUT2D eigenvalue weighted by molar-refractivity contribution is -0.0507. The third-order valence-electron chi connectivity index (χ3n) is 5.33. The minimum Gasteiger partial charge on any atom is -0.481 e. The second-order valence-electron chi connectivity index (χ2n) is 7.23. The molecule has 0 radical (unpaired) electrons. The Bertz CT molecular complexity index is 1260. The van der Waals surface area contributed by atoms with E-state index in [9.17, 15) is 13.9 Å². The van der Waals surface area contributed by atoms with Gasteiger partial charge in [-0.1, -0.05) is 18.2 Å². The van der Waals surface area contributed by atoms with Crippen LogP contribution < -0.4 is 14.8 Å². The van der Waals surface area contributed by atoms with Crippen molar-refractivity contribution in [1.29, 1.82) is 0 Å². The fourth-order valence-electron chi connectivity index (χ4n) is 3.89. The number of aliphatic hydroxyl groups is 1. The first-order chi connectivity index (χ1) is 15.5. The second-order valence-corrected chi connectivity index (χ2v) is 7.23. The second kappa shape index (κ2) is 8.13. The van der Waals surface area contributed by atoms with Crippen LogP contribution in [0.2, 0.25) is 0 Å². The zero-order valence-corrected chi connectivity index (χ0v) is 16.9. The van der Waals surface area contributed by atoms with Crippen LogP contribution in [0.5, 0.6) is 11.6 Å². The Hall–Kier alpha value is -3.63. The molecule has 0 fully saturated rings. The van der Waals surface area contributed by atoms with Gasteiger partial charge in [-0.25, -0.2) is 14.5 Å². The lowest BCUT2D eigenvalue weighted by Crippen LogP contribution is -2.35. The molecule has 0 unspecified atom stereocenters. The lowest BCUT2D eigenvalue weighted by Gasteiger charge is -2.28. The zero-order chi connectivity index (χ0) is 22.2. The number of ether oxygens (including phenoxy) is 2. The summed E-state index contributed by atoms with van der Waals surface area (Å²) in [6.07, 6.45) is 0.782. The molecule has 3 aromatic heterocycles. The van der Waals surface area contributed by atoms with E-state index in [-0.39, 0.29) is 12.3 Å². The van der Waals surface area contributed by atoms with E-state index < -0.39 is 18.8 Å². The third-order valence-corrected chi connectivity index (χ3v) is 5.33. The van der Waals surface area contributed by atoms with Crippen LogP contribution in [-0.4, -0.2) is 45.0 Å². The molecule has 0 bridgehead atoms. The first kappa shape index (κ1) is 20.3. The number of imidazole rings is 1. The summed E-state index contributed by atoms with van der Waals surface area (Å²) in [6.45, 7) is -2.75. The van der Waals surface area contributed by atoms with Crippen molar-refractivity contribution in [3.8, 4) is 22.9 Å². The van der Waals surface area contributed by atoms with Gasteiger partial charge in [0.15, 0.2) is 5.65 Å².